The molecule has 2 aromatic carbocycles. The van der Waals surface area contributed by atoms with E-state index in [-0.39, 0.29) is 0 Å². The van der Waals surface area contributed by atoms with E-state index < -0.39 is 0 Å². The summed E-state index contributed by atoms with van der Waals surface area (Å²) in [6.45, 7) is 5.24. The molecule has 0 spiro atoms. The zero-order valence-electron chi connectivity index (χ0n) is 11.8. The standard InChI is InChI=1S/C18H20O2/c1-15(12-16-6-4-3-5-7-16)13-20-14-17-8-10-18(19-2)11-9-17/h3-11H,1,12-14H2,2H3. The van der Waals surface area contributed by atoms with Crippen molar-refractivity contribution in [3.8, 4) is 5.75 Å². The molecule has 0 unspecified atom stereocenters. The van der Waals surface area contributed by atoms with Gasteiger partial charge in [-0.15, -0.1) is 0 Å². The maximum absolute atomic E-state index is 5.69. The topological polar surface area (TPSA) is 18.5 Å². The van der Waals surface area contributed by atoms with Crippen LogP contribution in [0.4, 0.5) is 0 Å². The summed E-state index contributed by atoms with van der Waals surface area (Å²) in [5, 5.41) is 0. The number of hydrogen-bond acceptors (Lipinski definition) is 2. The molecular weight excluding hydrogens is 248 g/mol. The van der Waals surface area contributed by atoms with Crippen LogP contribution in [0.5, 0.6) is 5.75 Å². The van der Waals surface area contributed by atoms with Crippen LogP contribution in [0.2, 0.25) is 0 Å². The van der Waals surface area contributed by atoms with Crippen molar-refractivity contribution < 1.29 is 9.47 Å². The Labute approximate surface area is 120 Å². The summed E-state index contributed by atoms with van der Waals surface area (Å²) in [6.07, 6.45) is 0.865. The largest absolute Gasteiger partial charge is 0.497 e. The van der Waals surface area contributed by atoms with E-state index in [1.165, 1.54) is 5.56 Å². The smallest absolute Gasteiger partial charge is 0.118 e. The van der Waals surface area contributed by atoms with Crippen LogP contribution in [-0.4, -0.2) is 13.7 Å². The van der Waals surface area contributed by atoms with Crippen LogP contribution in [0.15, 0.2) is 66.7 Å². The lowest BCUT2D eigenvalue weighted by molar-refractivity contribution is 0.141. The number of benzene rings is 2. The summed E-state index contributed by atoms with van der Waals surface area (Å²) in [5.41, 5.74) is 3.49. The van der Waals surface area contributed by atoms with Crippen LogP contribution in [0.1, 0.15) is 11.1 Å². The Morgan fingerprint density at radius 1 is 0.950 bits per heavy atom. The molecule has 0 saturated heterocycles. The third kappa shape index (κ3) is 4.56. The van der Waals surface area contributed by atoms with E-state index in [0.29, 0.717) is 13.2 Å². The predicted octanol–water partition coefficient (Wildman–Crippen LogP) is 4.01. The molecule has 0 aliphatic carbocycles. The molecule has 2 aromatic rings. The summed E-state index contributed by atoms with van der Waals surface area (Å²) < 4.78 is 10.8. The molecule has 104 valence electrons. The number of methoxy groups -OCH3 is 1. The highest BCUT2D eigenvalue weighted by atomic mass is 16.5. The van der Waals surface area contributed by atoms with E-state index in [9.17, 15) is 0 Å². The van der Waals surface area contributed by atoms with Gasteiger partial charge in [-0.1, -0.05) is 49.0 Å². The zero-order valence-corrected chi connectivity index (χ0v) is 11.8. The Kier molecular flexibility index (Phi) is 5.39. The molecule has 0 atom stereocenters. The Hall–Kier alpha value is -2.06. The molecule has 0 saturated carbocycles. The molecule has 0 aromatic heterocycles. The van der Waals surface area contributed by atoms with E-state index in [1.54, 1.807) is 7.11 Å². The van der Waals surface area contributed by atoms with Gasteiger partial charge in [-0.2, -0.15) is 0 Å². The van der Waals surface area contributed by atoms with Gasteiger partial charge in [-0.05, 0) is 35.3 Å². The average Bonchev–Trinajstić information content (AvgIpc) is 2.49. The molecule has 0 amide bonds. The van der Waals surface area contributed by atoms with Crippen molar-refractivity contribution in [1.82, 2.24) is 0 Å². The second kappa shape index (κ2) is 7.51. The fourth-order valence-electron chi connectivity index (χ4n) is 1.97. The Bertz CT molecular complexity index is 529. The number of rotatable bonds is 7. The van der Waals surface area contributed by atoms with Crippen LogP contribution >= 0.6 is 0 Å². The highest BCUT2D eigenvalue weighted by molar-refractivity contribution is 5.26. The quantitative estimate of drug-likeness (QED) is 0.706. The van der Waals surface area contributed by atoms with Crippen LogP contribution in [0, 0.1) is 0 Å². The normalized spacial score (nSPS) is 10.2. The molecule has 2 heteroatoms. The maximum Gasteiger partial charge on any atom is 0.118 e. The van der Waals surface area contributed by atoms with Crippen molar-refractivity contribution in [3.63, 3.8) is 0 Å². The lowest BCUT2D eigenvalue weighted by atomic mass is 10.1. The van der Waals surface area contributed by atoms with E-state index in [1.807, 2.05) is 42.5 Å². The van der Waals surface area contributed by atoms with Crippen molar-refractivity contribution >= 4 is 0 Å². The molecule has 0 bridgehead atoms. The maximum atomic E-state index is 5.69. The summed E-state index contributed by atoms with van der Waals surface area (Å²) in [7, 11) is 1.67. The van der Waals surface area contributed by atoms with Crippen LogP contribution < -0.4 is 4.74 Å². The lowest BCUT2D eigenvalue weighted by Crippen LogP contribution is -2.00. The first-order valence-electron chi connectivity index (χ1n) is 6.69. The van der Waals surface area contributed by atoms with Crippen LogP contribution in [0.3, 0.4) is 0 Å². The molecule has 0 N–H and O–H groups in total. The Morgan fingerprint density at radius 2 is 1.65 bits per heavy atom. The second-order valence-corrected chi connectivity index (χ2v) is 4.75. The van der Waals surface area contributed by atoms with Gasteiger partial charge in [0.25, 0.3) is 0 Å². The fourth-order valence-corrected chi connectivity index (χ4v) is 1.97. The van der Waals surface area contributed by atoms with Crippen molar-refractivity contribution in [3.05, 3.63) is 77.9 Å². The van der Waals surface area contributed by atoms with Crippen molar-refractivity contribution in [2.75, 3.05) is 13.7 Å². The van der Waals surface area contributed by atoms with E-state index in [0.717, 1.165) is 23.3 Å². The molecule has 0 heterocycles. The van der Waals surface area contributed by atoms with E-state index in [2.05, 4.69) is 18.7 Å². The van der Waals surface area contributed by atoms with Crippen LogP contribution in [-0.2, 0) is 17.8 Å². The van der Waals surface area contributed by atoms with Gasteiger partial charge in [0.1, 0.15) is 5.75 Å². The Balaban J connectivity index is 1.73. The molecule has 2 rings (SSSR count). The summed E-state index contributed by atoms with van der Waals surface area (Å²) in [4.78, 5) is 0. The van der Waals surface area contributed by atoms with Gasteiger partial charge in [0.05, 0.1) is 20.3 Å². The third-order valence-electron chi connectivity index (χ3n) is 3.03. The second-order valence-electron chi connectivity index (χ2n) is 4.75. The SMILES string of the molecule is C=C(COCc1ccc(OC)cc1)Cc1ccccc1. The van der Waals surface area contributed by atoms with E-state index in [4.69, 9.17) is 9.47 Å². The minimum absolute atomic E-state index is 0.584. The highest BCUT2D eigenvalue weighted by Crippen LogP contribution is 2.13. The van der Waals surface area contributed by atoms with Gasteiger partial charge in [0, 0.05) is 0 Å². The minimum atomic E-state index is 0.584. The van der Waals surface area contributed by atoms with Gasteiger partial charge < -0.3 is 9.47 Å². The predicted molar refractivity (Wildman–Crippen MR) is 81.9 cm³/mol. The minimum Gasteiger partial charge on any atom is -0.497 e. The van der Waals surface area contributed by atoms with Crippen LogP contribution in [0.25, 0.3) is 0 Å². The Morgan fingerprint density at radius 3 is 2.30 bits per heavy atom. The first-order chi connectivity index (χ1) is 9.78. The van der Waals surface area contributed by atoms with Gasteiger partial charge in [-0.25, -0.2) is 0 Å². The average molecular weight is 268 g/mol. The molecule has 0 radical (unpaired) electrons. The fraction of sp³-hybridized carbons (Fsp3) is 0.222. The van der Waals surface area contributed by atoms with Crippen molar-refractivity contribution in [1.29, 1.82) is 0 Å². The lowest BCUT2D eigenvalue weighted by Gasteiger charge is -2.08. The van der Waals surface area contributed by atoms with Gasteiger partial charge >= 0.3 is 0 Å². The van der Waals surface area contributed by atoms with Crippen molar-refractivity contribution in [2.45, 2.75) is 13.0 Å². The zero-order chi connectivity index (χ0) is 14.2. The number of hydrogen-bond donors (Lipinski definition) is 0. The summed E-state index contributed by atoms with van der Waals surface area (Å²) in [5.74, 6) is 0.863. The molecule has 2 nitrogen and oxygen atoms in total. The number of ether oxygens (including phenoxy) is 2. The highest BCUT2D eigenvalue weighted by Gasteiger charge is 1.99. The molecule has 0 fully saturated rings. The summed E-state index contributed by atoms with van der Waals surface area (Å²) in [6, 6.07) is 18.2. The third-order valence-corrected chi connectivity index (χ3v) is 3.03. The molecule has 0 aliphatic rings. The van der Waals surface area contributed by atoms with Gasteiger partial charge in [0.2, 0.25) is 0 Å². The van der Waals surface area contributed by atoms with Crippen molar-refractivity contribution in [2.24, 2.45) is 0 Å². The first-order valence-corrected chi connectivity index (χ1v) is 6.69. The van der Waals surface area contributed by atoms with Gasteiger partial charge in [0.15, 0.2) is 0 Å². The molecular formula is C18H20O2. The molecule has 0 aliphatic heterocycles. The van der Waals surface area contributed by atoms with Gasteiger partial charge in [-0.3, -0.25) is 0 Å². The first kappa shape index (κ1) is 14.4. The van der Waals surface area contributed by atoms with E-state index >= 15 is 0 Å². The molecule has 20 heavy (non-hydrogen) atoms. The summed E-state index contributed by atoms with van der Waals surface area (Å²) >= 11 is 0. The monoisotopic (exact) mass is 268 g/mol.